The third kappa shape index (κ3) is 4.20. The fraction of sp³-hybridized carbons (Fsp3) is 0.273. The van der Waals surface area contributed by atoms with E-state index in [1.807, 2.05) is 83.3 Å². The number of nitrogens with zero attached hydrogens (tertiary/aromatic N) is 3. The maximum Gasteiger partial charge on any atom is 0.242 e. The maximum absolute atomic E-state index is 12.6. The third-order valence-corrected chi connectivity index (χ3v) is 4.47. The number of imidazole rings is 1. The van der Waals surface area contributed by atoms with Crippen LogP contribution < -0.4 is 0 Å². The summed E-state index contributed by atoms with van der Waals surface area (Å²) < 4.78 is 2.00. The molecule has 0 fully saturated rings. The highest BCUT2D eigenvalue weighted by Gasteiger charge is 2.14. The van der Waals surface area contributed by atoms with Crippen LogP contribution >= 0.6 is 0 Å². The molecule has 0 aliphatic heterocycles. The zero-order valence-electron chi connectivity index (χ0n) is 15.4. The average Bonchev–Trinajstić information content (AvgIpc) is 3.02. The van der Waals surface area contributed by atoms with Gasteiger partial charge in [0.15, 0.2) is 0 Å². The van der Waals surface area contributed by atoms with Gasteiger partial charge < -0.3 is 9.47 Å². The van der Waals surface area contributed by atoms with Gasteiger partial charge in [0.1, 0.15) is 12.4 Å². The molecular weight excluding hydrogens is 322 g/mol. The molecule has 26 heavy (non-hydrogen) atoms. The highest BCUT2D eigenvalue weighted by Crippen LogP contribution is 2.18. The van der Waals surface area contributed by atoms with Gasteiger partial charge in [0.2, 0.25) is 5.91 Å². The number of benzene rings is 2. The van der Waals surface area contributed by atoms with Gasteiger partial charge in [-0.05, 0) is 30.2 Å². The van der Waals surface area contributed by atoms with E-state index in [1.165, 1.54) is 0 Å². The molecule has 1 aromatic heterocycles. The van der Waals surface area contributed by atoms with Crippen molar-refractivity contribution in [2.75, 3.05) is 13.6 Å². The van der Waals surface area contributed by atoms with Gasteiger partial charge in [-0.3, -0.25) is 4.79 Å². The van der Waals surface area contributed by atoms with Crippen LogP contribution in [0.4, 0.5) is 0 Å². The van der Waals surface area contributed by atoms with Gasteiger partial charge in [0.05, 0.1) is 11.0 Å². The minimum Gasteiger partial charge on any atom is -0.344 e. The van der Waals surface area contributed by atoms with Crippen LogP contribution in [0, 0.1) is 0 Å². The van der Waals surface area contributed by atoms with Crippen molar-refractivity contribution in [1.82, 2.24) is 14.5 Å². The number of carbonyl (C=O) groups excluding carboxylic acids is 1. The Balaban J connectivity index is 1.90. The normalized spacial score (nSPS) is 11.3. The molecule has 4 nitrogen and oxygen atoms in total. The number of hydrogen-bond donors (Lipinski definition) is 0. The Bertz CT molecular complexity index is 896. The topological polar surface area (TPSA) is 38.1 Å². The SMILES string of the molecule is CCCCN(C)C(=O)Cn1c(/C=C/c2ccccc2)nc2ccccc21. The van der Waals surface area contributed by atoms with Crippen molar-refractivity contribution >= 4 is 29.1 Å². The van der Waals surface area contributed by atoms with Crippen molar-refractivity contribution in [2.45, 2.75) is 26.3 Å². The molecule has 0 saturated carbocycles. The van der Waals surface area contributed by atoms with Crippen LogP contribution in [0.5, 0.6) is 0 Å². The van der Waals surface area contributed by atoms with Gasteiger partial charge in [-0.2, -0.15) is 0 Å². The van der Waals surface area contributed by atoms with Crippen LogP contribution in [0.25, 0.3) is 23.2 Å². The molecule has 0 saturated heterocycles. The van der Waals surface area contributed by atoms with E-state index in [0.29, 0.717) is 6.54 Å². The van der Waals surface area contributed by atoms with Gasteiger partial charge in [-0.15, -0.1) is 0 Å². The number of fused-ring (bicyclic) bond motifs is 1. The highest BCUT2D eigenvalue weighted by atomic mass is 16.2. The summed E-state index contributed by atoms with van der Waals surface area (Å²) in [5.74, 6) is 0.906. The highest BCUT2D eigenvalue weighted by molar-refractivity contribution is 5.83. The molecule has 1 heterocycles. The van der Waals surface area contributed by atoms with E-state index >= 15 is 0 Å². The van der Waals surface area contributed by atoms with Crippen LogP contribution in [-0.4, -0.2) is 34.0 Å². The van der Waals surface area contributed by atoms with Crippen LogP contribution in [-0.2, 0) is 11.3 Å². The molecular formula is C22H25N3O. The molecule has 0 aliphatic rings. The maximum atomic E-state index is 12.6. The third-order valence-electron chi connectivity index (χ3n) is 4.47. The Hall–Kier alpha value is -2.88. The van der Waals surface area contributed by atoms with Crippen molar-refractivity contribution in [3.05, 3.63) is 66.0 Å². The summed E-state index contributed by atoms with van der Waals surface area (Å²) >= 11 is 0. The predicted molar refractivity (Wildman–Crippen MR) is 108 cm³/mol. The van der Waals surface area contributed by atoms with Gasteiger partial charge in [0, 0.05) is 13.6 Å². The second kappa shape index (κ2) is 8.48. The largest absolute Gasteiger partial charge is 0.344 e. The van der Waals surface area contributed by atoms with Gasteiger partial charge in [-0.1, -0.05) is 61.9 Å². The first-order valence-corrected chi connectivity index (χ1v) is 9.11. The molecule has 0 spiro atoms. The number of amides is 1. The fourth-order valence-electron chi connectivity index (χ4n) is 2.90. The first-order chi connectivity index (χ1) is 12.7. The van der Waals surface area contributed by atoms with Crippen LogP contribution in [0.15, 0.2) is 54.6 Å². The second-order valence-electron chi connectivity index (χ2n) is 6.46. The monoisotopic (exact) mass is 347 g/mol. The molecule has 3 rings (SSSR count). The lowest BCUT2D eigenvalue weighted by atomic mass is 10.2. The minimum absolute atomic E-state index is 0.107. The molecule has 2 aromatic carbocycles. The number of unbranched alkanes of at least 4 members (excludes halogenated alkanes) is 1. The lowest BCUT2D eigenvalue weighted by molar-refractivity contribution is -0.130. The quantitative estimate of drug-likeness (QED) is 0.633. The standard InChI is InChI=1S/C22H25N3O/c1-3-4-16-24(2)22(26)17-25-20-13-9-8-12-19(20)23-21(25)15-14-18-10-6-5-7-11-18/h5-15H,3-4,16-17H2,1-2H3/b15-14+. The fourth-order valence-corrected chi connectivity index (χ4v) is 2.90. The molecule has 0 unspecified atom stereocenters. The van der Waals surface area contributed by atoms with Crippen molar-refractivity contribution in [2.24, 2.45) is 0 Å². The van der Waals surface area contributed by atoms with E-state index in [0.717, 1.165) is 41.8 Å². The van der Waals surface area contributed by atoms with Crippen molar-refractivity contribution in [3.63, 3.8) is 0 Å². The Morgan fingerprint density at radius 3 is 2.58 bits per heavy atom. The number of para-hydroxylation sites is 2. The van der Waals surface area contributed by atoms with Crippen LogP contribution in [0.2, 0.25) is 0 Å². The molecule has 4 heteroatoms. The zero-order chi connectivity index (χ0) is 18.4. The summed E-state index contributed by atoms with van der Waals surface area (Å²) in [6, 6.07) is 18.1. The lowest BCUT2D eigenvalue weighted by Crippen LogP contribution is -2.31. The van der Waals surface area contributed by atoms with E-state index < -0.39 is 0 Å². The molecule has 134 valence electrons. The van der Waals surface area contributed by atoms with E-state index in [4.69, 9.17) is 4.98 Å². The van der Waals surface area contributed by atoms with Crippen LogP contribution in [0.1, 0.15) is 31.2 Å². The van der Waals surface area contributed by atoms with Crippen molar-refractivity contribution in [1.29, 1.82) is 0 Å². The second-order valence-corrected chi connectivity index (χ2v) is 6.46. The van der Waals surface area contributed by atoms with E-state index in [1.54, 1.807) is 0 Å². The molecule has 1 amide bonds. The summed E-state index contributed by atoms with van der Waals surface area (Å²) in [5.41, 5.74) is 3.00. The smallest absolute Gasteiger partial charge is 0.242 e. The van der Waals surface area contributed by atoms with Crippen molar-refractivity contribution < 1.29 is 4.79 Å². The summed E-state index contributed by atoms with van der Waals surface area (Å²) in [6.07, 6.45) is 6.11. The molecule has 0 bridgehead atoms. The molecule has 0 radical (unpaired) electrons. The number of rotatable bonds is 7. The minimum atomic E-state index is 0.107. The summed E-state index contributed by atoms with van der Waals surface area (Å²) in [7, 11) is 1.87. The van der Waals surface area contributed by atoms with Gasteiger partial charge >= 0.3 is 0 Å². The summed E-state index contributed by atoms with van der Waals surface area (Å²) in [5, 5.41) is 0. The molecule has 0 atom stereocenters. The Morgan fingerprint density at radius 2 is 1.81 bits per heavy atom. The van der Waals surface area contributed by atoms with Gasteiger partial charge in [0.25, 0.3) is 0 Å². The number of aromatic nitrogens is 2. The number of hydrogen-bond acceptors (Lipinski definition) is 2. The number of likely N-dealkylation sites (N-methyl/N-ethyl adjacent to an activating group) is 1. The average molecular weight is 347 g/mol. The van der Waals surface area contributed by atoms with E-state index in [2.05, 4.69) is 6.92 Å². The Labute approximate surface area is 154 Å². The molecule has 0 aliphatic carbocycles. The number of carbonyl (C=O) groups is 1. The molecule has 3 aromatic rings. The molecule has 0 N–H and O–H groups in total. The summed E-state index contributed by atoms with van der Waals surface area (Å²) in [6.45, 7) is 3.22. The first kappa shape index (κ1) is 17.9. The predicted octanol–water partition coefficient (Wildman–Crippen LogP) is 4.47. The first-order valence-electron chi connectivity index (χ1n) is 9.11. The van der Waals surface area contributed by atoms with E-state index in [-0.39, 0.29) is 5.91 Å². The summed E-state index contributed by atoms with van der Waals surface area (Å²) in [4.78, 5) is 19.2. The Kier molecular flexibility index (Phi) is 5.84. The van der Waals surface area contributed by atoms with Gasteiger partial charge in [-0.25, -0.2) is 4.98 Å². The van der Waals surface area contributed by atoms with Crippen molar-refractivity contribution in [3.8, 4) is 0 Å². The van der Waals surface area contributed by atoms with Crippen LogP contribution in [0.3, 0.4) is 0 Å². The van der Waals surface area contributed by atoms with E-state index in [9.17, 15) is 4.79 Å². The zero-order valence-corrected chi connectivity index (χ0v) is 15.4. The lowest BCUT2D eigenvalue weighted by Gasteiger charge is -2.17. The Morgan fingerprint density at radius 1 is 1.08 bits per heavy atom.